The highest BCUT2D eigenvalue weighted by molar-refractivity contribution is 9.10. The van der Waals surface area contributed by atoms with Crippen LogP contribution in [-0.2, 0) is 6.54 Å². The van der Waals surface area contributed by atoms with Gasteiger partial charge in [-0.15, -0.1) is 0 Å². The van der Waals surface area contributed by atoms with Crippen molar-refractivity contribution in [2.75, 3.05) is 0 Å². The molecule has 0 fully saturated rings. The second kappa shape index (κ2) is 5.62. The molecule has 17 heavy (non-hydrogen) atoms. The molecule has 5 heteroatoms. The van der Waals surface area contributed by atoms with Crippen LogP contribution in [0.1, 0.15) is 5.56 Å². The molecule has 0 saturated heterocycles. The van der Waals surface area contributed by atoms with Gasteiger partial charge in [-0.2, -0.15) is 0 Å². The van der Waals surface area contributed by atoms with Crippen molar-refractivity contribution in [2.45, 2.75) is 6.54 Å². The Balaban J connectivity index is 2.33. The van der Waals surface area contributed by atoms with Crippen molar-refractivity contribution in [3.8, 4) is 11.6 Å². The van der Waals surface area contributed by atoms with Gasteiger partial charge in [0.1, 0.15) is 5.75 Å². The highest BCUT2D eigenvalue weighted by Gasteiger charge is 2.07. The van der Waals surface area contributed by atoms with Crippen LogP contribution in [0, 0.1) is 0 Å². The Morgan fingerprint density at radius 2 is 2.06 bits per heavy atom. The van der Waals surface area contributed by atoms with E-state index in [0.29, 0.717) is 12.4 Å². The molecular formula is C12H10Br2N2O. The lowest BCUT2D eigenvalue weighted by atomic mass is 10.2. The number of hydrogen-bond acceptors (Lipinski definition) is 3. The molecule has 2 N–H and O–H groups in total. The lowest BCUT2D eigenvalue weighted by Gasteiger charge is -2.10. The van der Waals surface area contributed by atoms with E-state index in [4.69, 9.17) is 10.5 Å². The number of halogens is 2. The molecule has 0 spiro atoms. The molecule has 3 nitrogen and oxygen atoms in total. The zero-order valence-electron chi connectivity index (χ0n) is 8.86. The predicted octanol–water partition coefficient (Wildman–Crippen LogP) is 3.86. The predicted molar refractivity (Wildman–Crippen MR) is 74.0 cm³/mol. The van der Waals surface area contributed by atoms with Crippen molar-refractivity contribution < 1.29 is 4.74 Å². The van der Waals surface area contributed by atoms with E-state index < -0.39 is 0 Å². The summed E-state index contributed by atoms with van der Waals surface area (Å²) in [7, 11) is 0. The van der Waals surface area contributed by atoms with Gasteiger partial charge in [0.05, 0.1) is 4.47 Å². The third kappa shape index (κ3) is 3.06. The molecule has 0 aliphatic rings. The maximum absolute atomic E-state index is 5.73. The molecule has 0 aliphatic heterocycles. The summed E-state index contributed by atoms with van der Waals surface area (Å²) in [5.74, 6) is 1.25. The minimum Gasteiger partial charge on any atom is -0.438 e. The van der Waals surface area contributed by atoms with Crippen molar-refractivity contribution in [1.29, 1.82) is 0 Å². The Hall–Kier alpha value is -0.910. The zero-order valence-corrected chi connectivity index (χ0v) is 12.0. The van der Waals surface area contributed by atoms with Gasteiger partial charge in [-0.05, 0) is 46.3 Å². The molecular weight excluding hydrogens is 348 g/mol. The lowest BCUT2D eigenvalue weighted by Crippen LogP contribution is -2.00. The van der Waals surface area contributed by atoms with E-state index in [1.54, 1.807) is 6.20 Å². The van der Waals surface area contributed by atoms with Gasteiger partial charge in [0.2, 0.25) is 5.88 Å². The van der Waals surface area contributed by atoms with E-state index in [1.165, 1.54) is 0 Å². The molecule has 0 bridgehead atoms. The Kier molecular flexibility index (Phi) is 4.15. The maximum Gasteiger partial charge on any atom is 0.233 e. The number of aromatic nitrogens is 1. The number of rotatable bonds is 3. The molecule has 0 unspecified atom stereocenters. The van der Waals surface area contributed by atoms with Crippen LogP contribution in [-0.4, -0.2) is 4.98 Å². The third-order valence-electron chi connectivity index (χ3n) is 2.17. The Bertz CT molecular complexity index is 532. The van der Waals surface area contributed by atoms with Gasteiger partial charge < -0.3 is 10.5 Å². The second-order valence-corrected chi connectivity index (χ2v) is 5.12. The quantitative estimate of drug-likeness (QED) is 0.907. The summed E-state index contributed by atoms with van der Waals surface area (Å²) in [6.07, 6.45) is 1.68. The molecule has 0 radical (unpaired) electrons. The maximum atomic E-state index is 5.73. The standard InChI is InChI=1S/C12H10Br2N2O/c13-9-3-4-11(8(6-9)7-15)17-12-10(14)2-1-5-16-12/h1-6H,7,15H2. The van der Waals surface area contributed by atoms with Crippen molar-refractivity contribution in [1.82, 2.24) is 4.98 Å². The first-order valence-electron chi connectivity index (χ1n) is 4.97. The number of nitrogens with two attached hydrogens (primary N) is 1. The van der Waals surface area contributed by atoms with Gasteiger partial charge in [-0.3, -0.25) is 0 Å². The van der Waals surface area contributed by atoms with Crippen molar-refractivity contribution in [2.24, 2.45) is 5.73 Å². The van der Waals surface area contributed by atoms with Crippen LogP contribution < -0.4 is 10.5 Å². The second-order valence-electron chi connectivity index (χ2n) is 3.35. The van der Waals surface area contributed by atoms with Gasteiger partial charge >= 0.3 is 0 Å². The van der Waals surface area contributed by atoms with Crippen LogP contribution >= 0.6 is 31.9 Å². The molecule has 2 aromatic rings. The number of benzene rings is 1. The first kappa shape index (κ1) is 12.5. The Morgan fingerprint density at radius 3 is 2.76 bits per heavy atom. The average molecular weight is 358 g/mol. The minimum absolute atomic E-state index is 0.416. The van der Waals surface area contributed by atoms with Crippen LogP contribution in [0.2, 0.25) is 0 Å². The highest BCUT2D eigenvalue weighted by atomic mass is 79.9. The molecule has 1 heterocycles. The van der Waals surface area contributed by atoms with E-state index in [1.807, 2.05) is 30.3 Å². The van der Waals surface area contributed by atoms with E-state index in [0.717, 1.165) is 20.3 Å². The summed E-state index contributed by atoms with van der Waals surface area (Å²) in [5, 5.41) is 0. The topological polar surface area (TPSA) is 48.1 Å². The summed E-state index contributed by atoms with van der Waals surface area (Å²) in [5.41, 5.74) is 6.61. The van der Waals surface area contributed by atoms with Crippen molar-refractivity contribution in [3.05, 3.63) is 51.0 Å². The Labute approximate surface area is 116 Å². The average Bonchev–Trinajstić information content (AvgIpc) is 2.34. The van der Waals surface area contributed by atoms with Crippen LogP contribution in [0.4, 0.5) is 0 Å². The van der Waals surface area contributed by atoms with Crippen LogP contribution in [0.3, 0.4) is 0 Å². The minimum atomic E-state index is 0.416. The molecule has 88 valence electrons. The molecule has 0 amide bonds. The van der Waals surface area contributed by atoms with Gasteiger partial charge in [-0.1, -0.05) is 15.9 Å². The van der Waals surface area contributed by atoms with Crippen molar-refractivity contribution in [3.63, 3.8) is 0 Å². The fraction of sp³-hybridized carbons (Fsp3) is 0.0833. The van der Waals surface area contributed by atoms with E-state index in [-0.39, 0.29) is 0 Å². The van der Waals surface area contributed by atoms with Crippen LogP contribution in [0.25, 0.3) is 0 Å². The fourth-order valence-electron chi connectivity index (χ4n) is 1.36. The van der Waals surface area contributed by atoms with E-state index in [9.17, 15) is 0 Å². The van der Waals surface area contributed by atoms with Gasteiger partial charge in [0.15, 0.2) is 0 Å². The molecule has 0 atom stereocenters. The molecule has 1 aromatic carbocycles. The summed E-state index contributed by atoms with van der Waals surface area (Å²) >= 11 is 6.79. The normalized spacial score (nSPS) is 10.3. The molecule has 1 aromatic heterocycles. The summed E-state index contributed by atoms with van der Waals surface area (Å²) < 4.78 is 7.52. The lowest BCUT2D eigenvalue weighted by molar-refractivity contribution is 0.454. The van der Waals surface area contributed by atoms with Gasteiger partial charge in [0, 0.05) is 22.8 Å². The first-order chi connectivity index (χ1) is 8.20. The molecule has 0 aliphatic carbocycles. The Morgan fingerprint density at radius 1 is 1.24 bits per heavy atom. The smallest absolute Gasteiger partial charge is 0.233 e. The number of nitrogens with zero attached hydrogens (tertiary/aromatic N) is 1. The number of hydrogen-bond donors (Lipinski definition) is 1. The first-order valence-corrected chi connectivity index (χ1v) is 6.56. The van der Waals surface area contributed by atoms with Crippen molar-refractivity contribution >= 4 is 31.9 Å². The molecule has 2 rings (SSSR count). The van der Waals surface area contributed by atoms with Gasteiger partial charge in [0.25, 0.3) is 0 Å². The SMILES string of the molecule is NCc1cc(Br)ccc1Oc1ncccc1Br. The molecule has 0 saturated carbocycles. The highest BCUT2D eigenvalue weighted by Crippen LogP contribution is 2.30. The fourth-order valence-corrected chi connectivity index (χ4v) is 2.10. The summed E-state index contributed by atoms with van der Waals surface area (Å²) in [6.45, 7) is 0.416. The van der Waals surface area contributed by atoms with Gasteiger partial charge in [-0.25, -0.2) is 4.98 Å². The van der Waals surface area contributed by atoms with Crippen LogP contribution in [0.5, 0.6) is 11.6 Å². The van der Waals surface area contributed by atoms with E-state index >= 15 is 0 Å². The largest absolute Gasteiger partial charge is 0.438 e. The number of ether oxygens (including phenoxy) is 1. The van der Waals surface area contributed by atoms with E-state index in [2.05, 4.69) is 36.8 Å². The van der Waals surface area contributed by atoms with Crippen LogP contribution in [0.15, 0.2) is 45.5 Å². The summed E-state index contributed by atoms with van der Waals surface area (Å²) in [6, 6.07) is 9.43. The monoisotopic (exact) mass is 356 g/mol. The summed E-state index contributed by atoms with van der Waals surface area (Å²) in [4.78, 5) is 4.15. The zero-order chi connectivity index (χ0) is 12.3. The third-order valence-corrected chi connectivity index (χ3v) is 3.27. The number of pyridine rings is 1.